The SMILES string of the molecule is CC(C)S(=O)N(C)CC#N. The molecule has 0 amide bonds. The van der Waals surface area contributed by atoms with Crippen LogP contribution in [0.25, 0.3) is 0 Å². The molecule has 0 N–H and O–H groups in total. The third-order valence-electron chi connectivity index (χ3n) is 1.00. The molecular weight excluding hydrogens is 148 g/mol. The average molecular weight is 160 g/mol. The van der Waals surface area contributed by atoms with Gasteiger partial charge in [-0.25, -0.2) is 8.51 Å². The fourth-order valence-electron chi connectivity index (χ4n) is 0.523. The van der Waals surface area contributed by atoms with Gasteiger partial charge < -0.3 is 0 Å². The van der Waals surface area contributed by atoms with Gasteiger partial charge in [-0.05, 0) is 13.8 Å². The molecule has 0 aromatic rings. The van der Waals surface area contributed by atoms with Crippen molar-refractivity contribution in [3.05, 3.63) is 0 Å². The largest absolute Gasteiger partial charge is 0.242 e. The van der Waals surface area contributed by atoms with Gasteiger partial charge >= 0.3 is 0 Å². The predicted octanol–water partition coefficient (Wildman–Crippen LogP) is 0.514. The van der Waals surface area contributed by atoms with E-state index in [0.717, 1.165) is 0 Å². The second-order valence-corrected chi connectivity index (χ2v) is 4.39. The van der Waals surface area contributed by atoms with Crippen LogP contribution in [0.1, 0.15) is 13.8 Å². The van der Waals surface area contributed by atoms with E-state index < -0.39 is 11.0 Å². The lowest BCUT2D eigenvalue weighted by atomic mass is 10.6. The molecule has 0 aliphatic rings. The predicted molar refractivity (Wildman–Crippen MR) is 41.5 cm³/mol. The van der Waals surface area contributed by atoms with Crippen molar-refractivity contribution in [2.75, 3.05) is 13.6 Å². The first-order chi connectivity index (χ1) is 4.59. The maximum absolute atomic E-state index is 11.1. The van der Waals surface area contributed by atoms with Crippen LogP contribution in [0, 0.1) is 11.3 Å². The topological polar surface area (TPSA) is 44.1 Å². The highest BCUT2D eigenvalue weighted by molar-refractivity contribution is 7.83. The van der Waals surface area contributed by atoms with Crippen molar-refractivity contribution < 1.29 is 4.21 Å². The Morgan fingerprint density at radius 2 is 2.20 bits per heavy atom. The van der Waals surface area contributed by atoms with Crippen molar-refractivity contribution in [3.8, 4) is 6.07 Å². The van der Waals surface area contributed by atoms with Crippen molar-refractivity contribution in [1.29, 1.82) is 5.26 Å². The molecule has 4 heteroatoms. The lowest BCUT2D eigenvalue weighted by Gasteiger charge is -2.13. The molecule has 0 aromatic heterocycles. The van der Waals surface area contributed by atoms with Crippen LogP contribution < -0.4 is 0 Å². The lowest BCUT2D eigenvalue weighted by Crippen LogP contribution is -2.27. The highest BCUT2D eigenvalue weighted by Crippen LogP contribution is 1.97. The first kappa shape index (κ1) is 9.60. The molecule has 58 valence electrons. The summed E-state index contributed by atoms with van der Waals surface area (Å²) in [5, 5.41) is 8.34. The van der Waals surface area contributed by atoms with Gasteiger partial charge in [0.1, 0.15) is 0 Å². The van der Waals surface area contributed by atoms with Gasteiger partial charge in [-0.1, -0.05) is 0 Å². The minimum Gasteiger partial charge on any atom is -0.242 e. The molecule has 1 atom stereocenters. The van der Waals surface area contributed by atoms with Gasteiger partial charge in [-0.2, -0.15) is 5.26 Å². The molecule has 1 unspecified atom stereocenters. The Kier molecular flexibility index (Phi) is 4.24. The second kappa shape index (κ2) is 4.42. The summed E-state index contributed by atoms with van der Waals surface area (Å²) in [6, 6.07) is 1.94. The van der Waals surface area contributed by atoms with Gasteiger partial charge in [0.15, 0.2) is 0 Å². The first-order valence-electron chi connectivity index (χ1n) is 3.08. The summed E-state index contributed by atoms with van der Waals surface area (Å²) in [4.78, 5) is 0. The molecule has 0 aliphatic carbocycles. The quantitative estimate of drug-likeness (QED) is 0.565. The average Bonchev–Trinajstić information content (AvgIpc) is 1.87. The molecule has 0 heterocycles. The summed E-state index contributed by atoms with van der Waals surface area (Å²) < 4.78 is 12.7. The second-order valence-electron chi connectivity index (χ2n) is 2.27. The van der Waals surface area contributed by atoms with Crippen LogP contribution in [-0.2, 0) is 11.0 Å². The van der Waals surface area contributed by atoms with Gasteiger partial charge in [0.05, 0.1) is 23.6 Å². The van der Waals surface area contributed by atoms with Crippen molar-refractivity contribution in [3.63, 3.8) is 0 Å². The van der Waals surface area contributed by atoms with Gasteiger partial charge in [0.2, 0.25) is 0 Å². The summed E-state index contributed by atoms with van der Waals surface area (Å²) in [7, 11) is 0.674. The molecule has 0 saturated carbocycles. The van der Waals surface area contributed by atoms with E-state index in [0.29, 0.717) is 0 Å². The van der Waals surface area contributed by atoms with Crippen molar-refractivity contribution in [1.82, 2.24) is 4.31 Å². The Morgan fingerprint density at radius 1 is 1.70 bits per heavy atom. The standard InChI is InChI=1S/C6H12N2OS/c1-6(2)10(9)8(3)5-4-7/h6H,5H2,1-3H3. The van der Waals surface area contributed by atoms with Gasteiger partial charge in [-0.3, -0.25) is 0 Å². The number of nitriles is 1. The van der Waals surface area contributed by atoms with Crippen molar-refractivity contribution >= 4 is 11.0 Å². The zero-order valence-electron chi connectivity index (χ0n) is 6.50. The molecule has 0 bridgehead atoms. The lowest BCUT2D eigenvalue weighted by molar-refractivity contribution is 0.565. The molecule has 0 rings (SSSR count). The van der Waals surface area contributed by atoms with Crippen LogP contribution in [0.5, 0.6) is 0 Å². The van der Waals surface area contributed by atoms with Gasteiger partial charge in [-0.15, -0.1) is 0 Å². The Hall–Kier alpha value is -0.400. The highest BCUT2D eigenvalue weighted by atomic mass is 32.2. The van der Waals surface area contributed by atoms with Crippen LogP contribution in [-0.4, -0.2) is 27.4 Å². The van der Waals surface area contributed by atoms with E-state index >= 15 is 0 Å². The smallest absolute Gasteiger partial charge is 0.0981 e. The van der Waals surface area contributed by atoms with Crippen molar-refractivity contribution in [2.45, 2.75) is 19.1 Å². The normalized spacial score (nSPS) is 13.6. The Bertz CT molecular complexity index is 162. The number of rotatable bonds is 3. The summed E-state index contributed by atoms with van der Waals surface area (Å²) in [5.41, 5.74) is 0. The number of hydrogen-bond acceptors (Lipinski definition) is 2. The maximum atomic E-state index is 11.1. The molecule has 0 saturated heterocycles. The third kappa shape index (κ3) is 2.95. The first-order valence-corrected chi connectivity index (χ1v) is 4.25. The summed E-state index contributed by atoms with van der Waals surface area (Å²) in [5.74, 6) is 0. The fourth-order valence-corrected chi connectivity index (χ4v) is 1.43. The van der Waals surface area contributed by atoms with Gasteiger partial charge in [0, 0.05) is 12.3 Å². The minimum atomic E-state index is -1.01. The molecule has 10 heavy (non-hydrogen) atoms. The van der Waals surface area contributed by atoms with E-state index in [1.807, 2.05) is 19.9 Å². The number of nitrogens with zero attached hydrogens (tertiary/aromatic N) is 2. The van der Waals surface area contributed by atoms with E-state index in [1.54, 1.807) is 7.05 Å². The van der Waals surface area contributed by atoms with E-state index in [9.17, 15) is 4.21 Å². The van der Waals surface area contributed by atoms with E-state index in [-0.39, 0.29) is 11.8 Å². The monoisotopic (exact) mass is 160 g/mol. The zero-order valence-corrected chi connectivity index (χ0v) is 7.31. The molecule has 0 aliphatic heterocycles. The Morgan fingerprint density at radius 3 is 2.50 bits per heavy atom. The molecule has 3 nitrogen and oxygen atoms in total. The third-order valence-corrected chi connectivity index (χ3v) is 2.55. The zero-order chi connectivity index (χ0) is 8.15. The van der Waals surface area contributed by atoms with E-state index in [1.165, 1.54) is 4.31 Å². The van der Waals surface area contributed by atoms with Crippen molar-refractivity contribution in [2.24, 2.45) is 0 Å². The van der Waals surface area contributed by atoms with Crippen LogP contribution in [0.2, 0.25) is 0 Å². The minimum absolute atomic E-state index is 0.0957. The maximum Gasteiger partial charge on any atom is 0.0981 e. The van der Waals surface area contributed by atoms with Crippen LogP contribution in [0.4, 0.5) is 0 Å². The van der Waals surface area contributed by atoms with Crippen LogP contribution >= 0.6 is 0 Å². The fraction of sp³-hybridized carbons (Fsp3) is 0.833. The molecule has 0 spiro atoms. The Balaban J connectivity index is 3.85. The van der Waals surface area contributed by atoms with Crippen LogP contribution in [0.3, 0.4) is 0 Å². The number of hydrogen-bond donors (Lipinski definition) is 0. The van der Waals surface area contributed by atoms with Crippen LogP contribution in [0.15, 0.2) is 0 Å². The Labute approximate surface area is 64.2 Å². The van der Waals surface area contributed by atoms with Gasteiger partial charge in [0.25, 0.3) is 0 Å². The molecule has 0 aromatic carbocycles. The summed E-state index contributed by atoms with van der Waals surface area (Å²) >= 11 is 0. The molecular formula is C6H12N2OS. The summed E-state index contributed by atoms with van der Waals surface area (Å²) in [6.07, 6.45) is 0. The molecule has 0 radical (unpaired) electrons. The molecule has 0 fully saturated rings. The van der Waals surface area contributed by atoms with E-state index in [2.05, 4.69) is 0 Å². The van der Waals surface area contributed by atoms with E-state index in [4.69, 9.17) is 5.26 Å². The summed E-state index contributed by atoms with van der Waals surface area (Å²) in [6.45, 7) is 3.96. The highest BCUT2D eigenvalue weighted by Gasteiger charge is 2.09.